The van der Waals surface area contributed by atoms with Gasteiger partial charge in [-0.25, -0.2) is 9.37 Å². The quantitative estimate of drug-likeness (QED) is 0.482. The number of hydrogen-bond acceptors (Lipinski definition) is 6. The van der Waals surface area contributed by atoms with E-state index in [4.69, 9.17) is 4.74 Å². The summed E-state index contributed by atoms with van der Waals surface area (Å²) in [6.45, 7) is 11.0. The largest absolute Gasteiger partial charge is 0.458 e. The first-order valence-electron chi connectivity index (χ1n) is 12.5. The first-order chi connectivity index (χ1) is 15.9. The molecule has 5 atom stereocenters. The fourth-order valence-corrected chi connectivity index (χ4v) is 5.32. The summed E-state index contributed by atoms with van der Waals surface area (Å²) in [7, 11) is 0. The van der Waals surface area contributed by atoms with Gasteiger partial charge >= 0.3 is 5.97 Å². The lowest BCUT2D eigenvalue weighted by molar-refractivity contribution is -0.149. The van der Waals surface area contributed by atoms with Gasteiger partial charge in [-0.2, -0.15) is 0 Å². The number of thiazole rings is 1. The maximum atomic E-state index is 13.1. The number of esters is 1. The van der Waals surface area contributed by atoms with Gasteiger partial charge in [-0.15, -0.1) is 11.3 Å². The highest BCUT2D eigenvalue weighted by molar-refractivity contribution is 7.09. The lowest BCUT2D eigenvalue weighted by Crippen LogP contribution is -2.39. The molecule has 192 valence electrons. The number of carbonyl (C=O) groups excluding carboxylic acids is 2. The normalized spacial score (nSPS) is 30.7. The van der Waals surface area contributed by atoms with Crippen LogP contribution in [0.4, 0.5) is 4.39 Å². The number of aromatic nitrogens is 1. The van der Waals surface area contributed by atoms with Crippen molar-refractivity contribution in [2.75, 3.05) is 0 Å². The van der Waals surface area contributed by atoms with E-state index in [1.165, 1.54) is 11.3 Å². The summed E-state index contributed by atoms with van der Waals surface area (Å²) in [5.74, 6) is -0.328. The van der Waals surface area contributed by atoms with Crippen molar-refractivity contribution in [2.24, 2.45) is 23.2 Å². The molecule has 2 rings (SSSR count). The average Bonchev–Trinajstić information content (AvgIpc) is 3.25. The fraction of sp³-hybridized carbons (Fsp3) is 0.741. The van der Waals surface area contributed by atoms with Crippen molar-refractivity contribution in [3.8, 4) is 0 Å². The van der Waals surface area contributed by atoms with E-state index in [0.29, 0.717) is 29.5 Å². The molecule has 2 heterocycles. The van der Waals surface area contributed by atoms with Gasteiger partial charge in [0.25, 0.3) is 0 Å². The van der Waals surface area contributed by atoms with E-state index in [1.54, 1.807) is 6.92 Å². The fourth-order valence-electron chi connectivity index (χ4n) is 4.72. The number of ether oxygens (including phenoxy) is 1. The van der Waals surface area contributed by atoms with Gasteiger partial charge in [-0.1, -0.05) is 47.5 Å². The van der Waals surface area contributed by atoms with Crippen LogP contribution in [-0.2, 0) is 21.0 Å². The summed E-state index contributed by atoms with van der Waals surface area (Å²) in [5, 5.41) is 13.0. The third kappa shape index (κ3) is 8.26. The number of cyclic esters (lactones) is 1. The maximum Gasteiger partial charge on any atom is 0.306 e. The molecule has 1 saturated heterocycles. The number of nitrogens with zero attached hydrogens (tertiary/aromatic N) is 1. The second kappa shape index (κ2) is 12.9. The van der Waals surface area contributed by atoms with E-state index >= 15 is 0 Å². The number of aliphatic hydroxyl groups is 1. The van der Waals surface area contributed by atoms with Gasteiger partial charge in [0.15, 0.2) is 0 Å². The van der Waals surface area contributed by atoms with Crippen molar-refractivity contribution < 1.29 is 23.8 Å². The molecule has 1 aromatic rings. The van der Waals surface area contributed by atoms with Crippen molar-refractivity contribution in [1.82, 2.24) is 4.98 Å². The van der Waals surface area contributed by atoms with Gasteiger partial charge < -0.3 is 9.84 Å². The van der Waals surface area contributed by atoms with Gasteiger partial charge in [0.05, 0.1) is 11.8 Å². The number of carbonyl (C=O) groups is 2. The van der Waals surface area contributed by atoms with Crippen LogP contribution in [0.1, 0.15) is 97.2 Å². The lowest BCUT2D eigenvalue weighted by Gasteiger charge is -2.32. The minimum Gasteiger partial charge on any atom is -0.458 e. The molecule has 1 aliphatic rings. The molecule has 0 amide bonds. The first kappa shape index (κ1) is 28.6. The second-order valence-corrected chi connectivity index (χ2v) is 11.7. The van der Waals surface area contributed by atoms with Crippen LogP contribution < -0.4 is 0 Å². The summed E-state index contributed by atoms with van der Waals surface area (Å²) >= 11 is 1.28. The Kier molecular flexibility index (Phi) is 10.9. The Morgan fingerprint density at radius 1 is 1.24 bits per heavy atom. The standard InChI is InChI=1S/C27H42FNO4S/c1-17-8-7-9-18(2)25(31)20(4)26(32)27(5,6)13-12-24(30)33-22(11-10-17)19(3)14-21-16-34-23(15-28)29-21/h14,16-18,20,22,25,31H,7-13,15H2,1-6H3/b19-14+/t17?,18-,20+,22?,25?/m0/s1. The van der Waals surface area contributed by atoms with Crippen LogP contribution in [-0.4, -0.2) is 34.1 Å². The molecule has 0 aromatic carbocycles. The molecule has 1 aliphatic heterocycles. The molecule has 0 aliphatic carbocycles. The van der Waals surface area contributed by atoms with Gasteiger partial charge in [0, 0.05) is 23.1 Å². The van der Waals surface area contributed by atoms with E-state index in [9.17, 15) is 19.1 Å². The molecule has 0 spiro atoms. The molecule has 0 saturated carbocycles. The van der Waals surface area contributed by atoms with Crippen LogP contribution in [0.15, 0.2) is 11.0 Å². The Balaban J connectivity index is 2.21. The van der Waals surface area contributed by atoms with Crippen LogP contribution in [0.25, 0.3) is 6.08 Å². The summed E-state index contributed by atoms with van der Waals surface area (Å²) in [6.07, 6.45) is 5.80. The van der Waals surface area contributed by atoms with Crippen LogP contribution >= 0.6 is 11.3 Å². The molecule has 3 unspecified atom stereocenters. The number of aliphatic hydroxyl groups excluding tert-OH is 1. The summed E-state index contributed by atoms with van der Waals surface area (Å²) in [4.78, 5) is 30.2. The zero-order valence-corrected chi connectivity index (χ0v) is 22.4. The number of ketones is 1. The minimum atomic E-state index is -0.728. The predicted octanol–water partition coefficient (Wildman–Crippen LogP) is 6.54. The topological polar surface area (TPSA) is 76.5 Å². The number of rotatable bonds is 3. The Morgan fingerprint density at radius 2 is 1.94 bits per heavy atom. The highest BCUT2D eigenvalue weighted by Crippen LogP contribution is 2.32. The van der Waals surface area contributed by atoms with Crippen molar-refractivity contribution in [3.05, 3.63) is 21.7 Å². The second-order valence-electron chi connectivity index (χ2n) is 10.8. The van der Waals surface area contributed by atoms with E-state index in [-0.39, 0.29) is 30.2 Å². The highest BCUT2D eigenvalue weighted by Gasteiger charge is 2.37. The smallest absolute Gasteiger partial charge is 0.306 e. The molecule has 5 nitrogen and oxygen atoms in total. The highest BCUT2D eigenvalue weighted by atomic mass is 32.1. The Hall–Kier alpha value is -1.60. The Morgan fingerprint density at radius 3 is 2.59 bits per heavy atom. The third-order valence-corrected chi connectivity index (χ3v) is 8.08. The first-order valence-corrected chi connectivity index (χ1v) is 13.4. The van der Waals surface area contributed by atoms with Gasteiger partial charge in [0.2, 0.25) is 0 Å². The van der Waals surface area contributed by atoms with E-state index < -0.39 is 24.1 Å². The molecular formula is C27H42FNO4S. The van der Waals surface area contributed by atoms with Crippen molar-refractivity contribution >= 4 is 29.2 Å². The van der Waals surface area contributed by atoms with Crippen LogP contribution in [0.5, 0.6) is 0 Å². The molecular weight excluding hydrogens is 453 g/mol. The van der Waals surface area contributed by atoms with Gasteiger partial charge in [-0.05, 0) is 56.1 Å². The van der Waals surface area contributed by atoms with Crippen LogP contribution in [0, 0.1) is 23.2 Å². The third-order valence-electron chi connectivity index (χ3n) is 7.25. The zero-order valence-electron chi connectivity index (χ0n) is 21.6. The number of hydrogen-bond donors (Lipinski definition) is 1. The van der Waals surface area contributed by atoms with Crippen LogP contribution in [0.2, 0.25) is 0 Å². The van der Waals surface area contributed by atoms with Crippen molar-refractivity contribution in [3.63, 3.8) is 0 Å². The molecule has 0 radical (unpaired) electrons. The van der Waals surface area contributed by atoms with Crippen LogP contribution in [0.3, 0.4) is 0 Å². The van der Waals surface area contributed by atoms with Gasteiger partial charge in [-0.3, -0.25) is 9.59 Å². The summed E-state index contributed by atoms with van der Waals surface area (Å²) in [6, 6.07) is 0. The summed E-state index contributed by atoms with van der Waals surface area (Å²) in [5.41, 5.74) is 0.840. The predicted molar refractivity (Wildman–Crippen MR) is 135 cm³/mol. The number of halogens is 1. The monoisotopic (exact) mass is 495 g/mol. The van der Waals surface area contributed by atoms with Crippen molar-refractivity contribution in [1.29, 1.82) is 0 Å². The number of Topliss-reactive ketones (excluding diaryl/α,β-unsaturated/α-hetero) is 1. The van der Waals surface area contributed by atoms with Gasteiger partial charge in [0.1, 0.15) is 23.6 Å². The lowest BCUT2D eigenvalue weighted by atomic mass is 9.74. The molecule has 1 N–H and O–H groups in total. The average molecular weight is 496 g/mol. The molecule has 0 bridgehead atoms. The van der Waals surface area contributed by atoms with E-state index in [0.717, 1.165) is 31.3 Å². The molecule has 1 aromatic heterocycles. The van der Waals surface area contributed by atoms with Crippen molar-refractivity contribution in [2.45, 2.75) is 105 Å². The van der Waals surface area contributed by atoms with E-state index in [1.807, 2.05) is 39.2 Å². The van der Waals surface area contributed by atoms with E-state index in [2.05, 4.69) is 11.9 Å². The molecule has 34 heavy (non-hydrogen) atoms. The maximum absolute atomic E-state index is 13.1. The number of alkyl halides is 1. The Bertz CT molecular complexity index is 849. The Labute approximate surface area is 208 Å². The minimum absolute atomic E-state index is 0.0139. The zero-order chi connectivity index (χ0) is 25.5. The molecule has 7 heteroatoms. The summed E-state index contributed by atoms with van der Waals surface area (Å²) < 4.78 is 18.8. The molecule has 1 fully saturated rings. The SMILES string of the molecule is C/C(=C\c1csc(CF)n1)C1CCC(C)CCC[C@H](C)C(O)[C@@H](C)C(=O)C(C)(C)CCC(=O)O1.